The summed E-state index contributed by atoms with van der Waals surface area (Å²) in [6.45, 7) is 4.39. The first kappa shape index (κ1) is 18.4. The highest BCUT2D eigenvalue weighted by molar-refractivity contribution is 9.10. The molecule has 3 nitrogen and oxygen atoms in total. The van der Waals surface area contributed by atoms with Crippen LogP contribution in [0.15, 0.2) is 46.9 Å². The van der Waals surface area contributed by atoms with Gasteiger partial charge in [0.15, 0.2) is 0 Å². The molecule has 24 heavy (non-hydrogen) atoms. The first-order chi connectivity index (χ1) is 11.5. The summed E-state index contributed by atoms with van der Waals surface area (Å²) < 4.78 is 27.1. The standard InChI is InChI=1S/C16H13BrF2N2O.C2H6/c1-20-15(10-2-4-11(18)5-3-10)9-21(16(20)22)12-6-7-13(17)14(19)8-12;1-2/h2-8,15H,9H2,1H3;1-2H3. The molecule has 1 unspecified atom stereocenters. The Bertz CT molecular complexity index is 721. The van der Waals surface area contributed by atoms with E-state index in [-0.39, 0.29) is 17.9 Å². The van der Waals surface area contributed by atoms with E-state index in [9.17, 15) is 13.6 Å². The number of nitrogens with zero attached hydrogens (tertiary/aromatic N) is 2. The molecule has 0 saturated carbocycles. The molecule has 1 aliphatic heterocycles. The van der Waals surface area contributed by atoms with E-state index in [2.05, 4.69) is 15.9 Å². The average molecular weight is 397 g/mol. The van der Waals surface area contributed by atoms with Crippen LogP contribution in [0.4, 0.5) is 19.3 Å². The fourth-order valence-corrected chi connectivity index (χ4v) is 2.83. The van der Waals surface area contributed by atoms with Gasteiger partial charge in [0.1, 0.15) is 11.6 Å². The van der Waals surface area contributed by atoms with Gasteiger partial charge in [-0.15, -0.1) is 0 Å². The van der Waals surface area contributed by atoms with E-state index in [1.807, 2.05) is 13.8 Å². The molecule has 128 valence electrons. The molecule has 0 spiro atoms. The van der Waals surface area contributed by atoms with Crippen molar-refractivity contribution in [2.75, 3.05) is 18.5 Å². The van der Waals surface area contributed by atoms with Gasteiger partial charge in [-0.05, 0) is 51.8 Å². The molecule has 1 fully saturated rings. The van der Waals surface area contributed by atoms with Crippen LogP contribution < -0.4 is 4.90 Å². The van der Waals surface area contributed by atoms with E-state index in [1.54, 1.807) is 36.2 Å². The number of hydrogen-bond donors (Lipinski definition) is 0. The van der Waals surface area contributed by atoms with E-state index in [1.165, 1.54) is 23.1 Å². The van der Waals surface area contributed by atoms with Crippen molar-refractivity contribution in [2.45, 2.75) is 19.9 Å². The number of anilines is 1. The van der Waals surface area contributed by atoms with Crippen molar-refractivity contribution in [1.82, 2.24) is 4.90 Å². The third-order valence-electron chi connectivity index (χ3n) is 3.83. The molecule has 6 heteroatoms. The number of carbonyl (C=O) groups is 1. The van der Waals surface area contributed by atoms with Crippen molar-refractivity contribution in [2.24, 2.45) is 0 Å². The van der Waals surface area contributed by atoms with Gasteiger partial charge in [-0.3, -0.25) is 4.90 Å². The third-order valence-corrected chi connectivity index (χ3v) is 4.47. The van der Waals surface area contributed by atoms with Gasteiger partial charge in [-0.1, -0.05) is 26.0 Å². The number of likely N-dealkylation sites (N-methyl/N-ethyl adjacent to an activating group) is 1. The average Bonchev–Trinajstić information content (AvgIpc) is 2.89. The molecule has 0 bridgehead atoms. The lowest BCUT2D eigenvalue weighted by atomic mass is 10.1. The van der Waals surface area contributed by atoms with E-state index >= 15 is 0 Å². The Kier molecular flexibility index (Phi) is 5.94. The van der Waals surface area contributed by atoms with Crippen LogP contribution in [0.3, 0.4) is 0 Å². The molecule has 1 heterocycles. The molecular formula is C18H19BrF2N2O. The second-order valence-electron chi connectivity index (χ2n) is 5.17. The topological polar surface area (TPSA) is 23.6 Å². The zero-order valence-corrected chi connectivity index (χ0v) is 15.3. The van der Waals surface area contributed by atoms with Gasteiger partial charge < -0.3 is 4.90 Å². The predicted octanol–water partition coefficient (Wildman–Crippen LogP) is 5.37. The molecule has 0 radical (unpaired) electrons. The molecule has 0 aromatic heterocycles. The predicted molar refractivity (Wildman–Crippen MR) is 95.1 cm³/mol. The van der Waals surface area contributed by atoms with Gasteiger partial charge >= 0.3 is 6.03 Å². The molecule has 1 atom stereocenters. The first-order valence-electron chi connectivity index (χ1n) is 7.72. The quantitative estimate of drug-likeness (QED) is 0.669. The summed E-state index contributed by atoms with van der Waals surface area (Å²) in [5, 5.41) is 0. The van der Waals surface area contributed by atoms with Gasteiger partial charge in [-0.2, -0.15) is 0 Å². The van der Waals surface area contributed by atoms with E-state index in [4.69, 9.17) is 0 Å². The highest BCUT2D eigenvalue weighted by Crippen LogP contribution is 2.33. The van der Waals surface area contributed by atoms with Gasteiger partial charge in [0, 0.05) is 12.7 Å². The molecule has 2 amide bonds. The molecule has 3 rings (SSSR count). The number of halogens is 3. The minimum Gasteiger partial charge on any atom is -0.319 e. The largest absolute Gasteiger partial charge is 0.324 e. The lowest BCUT2D eigenvalue weighted by Crippen LogP contribution is -2.29. The Morgan fingerprint density at radius 1 is 1.08 bits per heavy atom. The Labute approximate surface area is 149 Å². The van der Waals surface area contributed by atoms with Gasteiger partial charge in [0.2, 0.25) is 0 Å². The normalized spacial score (nSPS) is 16.9. The second kappa shape index (κ2) is 7.75. The van der Waals surface area contributed by atoms with Gasteiger partial charge in [0.25, 0.3) is 0 Å². The minimum atomic E-state index is -0.418. The maximum absolute atomic E-state index is 13.7. The number of rotatable bonds is 2. The van der Waals surface area contributed by atoms with E-state index in [0.717, 1.165) is 5.56 Å². The van der Waals surface area contributed by atoms with Crippen LogP contribution in [0.2, 0.25) is 0 Å². The summed E-state index contributed by atoms with van der Waals surface area (Å²) in [5.74, 6) is -0.735. The third kappa shape index (κ3) is 3.59. The van der Waals surface area contributed by atoms with Crippen LogP contribution in [0.5, 0.6) is 0 Å². The van der Waals surface area contributed by atoms with E-state index in [0.29, 0.717) is 16.7 Å². The monoisotopic (exact) mass is 396 g/mol. The first-order valence-corrected chi connectivity index (χ1v) is 8.51. The van der Waals surface area contributed by atoms with Crippen LogP contribution in [0, 0.1) is 11.6 Å². The van der Waals surface area contributed by atoms with Crippen LogP contribution in [-0.2, 0) is 0 Å². The van der Waals surface area contributed by atoms with Crippen molar-refractivity contribution in [3.63, 3.8) is 0 Å². The number of carbonyl (C=O) groups excluding carboxylic acids is 1. The van der Waals surface area contributed by atoms with Gasteiger partial charge in [0.05, 0.1) is 17.1 Å². The van der Waals surface area contributed by atoms with Crippen LogP contribution in [0.25, 0.3) is 0 Å². The molecule has 1 aliphatic rings. The van der Waals surface area contributed by atoms with Crippen molar-refractivity contribution in [3.8, 4) is 0 Å². The number of urea groups is 1. The maximum atomic E-state index is 13.7. The number of hydrogen-bond acceptors (Lipinski definition) is 1. The highest BCUT2D eigenvalue weighted by Gasteiger charge is 2.36. The number of amides is 2. The molecule has 2 aromatic carbocycles. The SMILES string of the molecule is CC.CN1C(=O)N(c2ccc(Br)c(F)c2)CC1c1ccc(F)cc1. The van der Waals surface area contributed by atoms with Crippen molar-refractivity contribution in [1.29, 1.82) is 0 Å². The van der Waals surface area contributed by atoms with Crippen molar-refractivity contribution in [3.05, 3.63) is 64.1 Å². The van der Waals surface area contributed by atoms with Crippen LogP contribution in [-0.4, -0.2) is 24.5 Å². The molecule has 0 N–H and O–H groups in total. The zero-order valence-electron chi connectivity index (χ0n) is 13.8. The Balaban J connectivity index is 0.00000100. The summed E-state index contributed by atoms with van der Waals surface area (Å²) in [6, 6.07) is 10.2. The summed E-state index contributed by atoms with van der Waals surface area (Å²) in [7, 11) is 1.69. The summed E-state index contributed by atoms with van der Waals surface area (Å²) in [6.07, 6.45) is 0. The maximum Gasteiger partial charge on any atom is 0.324 e. The summed E-state index contributed by atoms with van der Waals surface area (Å²) in [4.78, 5) is 15.5. The minimum absolute atomic E-state index is 0.195. The van der Waals surface area contributed by atoms with Crippen molar-refractivity contribution < 1.29 is 13.6 Å². The van der Waals surface area contributed by atoms with Crippen LogP contribution in [0.1, 0.15) is 25.5 Å². The molecule has 1 saturated heterocycles. The van der Waals surface area contributed by atoms with Crippen LogP contribution >= 0.6 is 15.9 Å². The van der Waals surface area contributed by atoms with Crippen molar-refractivity contribution >= 4 is 27.6 Å². The second-order valence-corrected chi connectivity index (χ2v) is 6.02. The number of benzene rings is 2. The molecular weight excluding hydrogens is 378 g/mol. The fraction of sp³-hybridized carbons (Fsp3) is 0.278. The molecule has 2 aromatic rings. The smallest absolute Gasteiger partial charge is 0.319 e. The lowest BCUT2D eigenvalue weighted by molar-refractivity contribution is 0.219. The zero-order chi connectivity index (χ0) is 17.9. The fourth-order valence-electron chi connectivity index (χ4n) is 2.58. The van der Waals surface area contributed by atoms with E-state index < -0.39 is 5.82 Å². The summed E-state index contributed by atoms with van der Waals surface area (Å²) >= 11 is 3.10. The van der Waals surface area contributed by atoms with Gasteiger partial charge in [-0.25, -0.2) is 13.6 Å². The Hall–Kier alpha value is -1.95. The lowest BCUT2D eigenvalue weighted by Gasteiger charge is -2.17. The Morgan fingerprint density at radius 2 is 1.71 bits per heavy atom. The Morgan fingerprint density at radius 3 is 2.29 bits per heavy atom. The highest BCUT2D eigenvalue weighted by atomic mass is 79.9. The molecule has 0 aliphatic carbocycles. The summed E-state index contributed by atoms with van der Waals surface area (Å²) in [5.41, 5.74) is 1.35.